The molecule has 0 aliphatic carbocycles. The molecule has 2 heteroatoms. The lowest BCUT2D eigenvalue weighted by atomic mass is 10.7. The minimum absolute atomic E-state index is 0.994. The van der Waals surface area contributed by atoms with Crippen molar-refractivity contribution in [3.05, 3.63) is 17.5 Å². The second kappa shape index (κ2) is 2.27. The topological polar surface area (TPSA) is 0 Å². The fourth-order valence-electron chi connectivity index (χ4n) is 0.644. The molecule has 0 saturated heterocycles. The maximum atomic E-state index is 3.11. The summed E-state index contributed by atoms with van der Waals surface area (Å²) in [6.07, 6.45) is 0. The molecule has 0 spiro atoms. The fraction of sp³-hybridized carbons (Fsp3) is 0.429. The van der Waals surface area contributed by atoms with Crippen LogP contribution in [0.15, 0.2) is 12.1 Å². The molecule has 1 heterocycles. The first-order chi connectivity index (χ1) is 4.11. The van der Waals surface area contributed by atoms with Crippen LogP contribution in [0.1, 0.15) is 0 Å². The van der Waals surface area contributed by atoms with Crippen LogP contribution in [-0.4, -0.2) is 8.07 Å². The van der Waals surface area contributed by atoms with Crippen LogP contribution in [0.2, 0.25) is 19.6 Å². The SMILES string of the molecule is C[Si](C)(C)c1cc[c]s1. The highest BCUT2D eigenvalue weighted by Crippen LogP contribution is 2.05. The van der Waals surface area contributed by atoms with Gasteiger partial charge in [-0.1, -0.05) is 25.7 Å². The average molecular weight is 155 g/mol. The number of hydrogen-bond acceptors (Lipinski definition) is 1. The molecule has 0 bridgehead atoms. The summed E-state index contributed by atoms with van der Waals surface area (Å²) in [4.78, 5) is 0. The standard InChI is InChI=1S/C7H11SSi/c1-9(2,3)7-5-4-6-8-7/h4-5H,1-3H3. The highest BCUT2D eigenvalue weighted by atomic mass is 32.1. The van der Waals surface area contributed by atoms with Crippen LogP contribution < -0.4 is 4.50 Å². The Morgan fingerprint density at radius 3 is 2.33 bits per heavy atom. The third-order valence-corrected chi connectivity index (χ3v) is 5.61. The van der Waals surface area contributed by atoms with Gasteiger partial charge in [0.1, 0.15) is 0 Å². The Kier molecular flexibility index (Phi) is 1.77. The Bertz CT molecular complexity index is 171. The first-order valence-corrected chi connectivity index (χ1v) is 7.39. The molecule has 49 valence electrons. The Balaban J connectivity index is 2.90. The molecule has 0 unspecified atom stereocenters. The summed E-state index contributed by atoms with van der Waals surface area (Å²) in [5.41, 5.74) is 0. The monoisotopic (exact) mass is 155 g/mol. The van der Waals surface area contributed by atoms with Gasteiger partial charge in [-0.05, 0) is 10.6 Å². The van der Waals surface area contributed by atoms with Gasteiger partial charge in [0.15, 0.2) is 0 Å². The minimum Gasteiger partial charge on any atom is -0.144 e. The molecule has 0 aliphatic rings. The Hall–Kier alpha value is -0.0831. The lowest BCUT2D eigenvalue weighted by Crippen LogP contribution is -2.34. The normalized spacial score (nSPS) is 11.9. The maximum Gasteiger partial charge on any atom is 0.0904 e. The first kappa shape index (κ1) is 7.03. The van der Waals surface area contributed by atoms with E-state index in [0.29, 0.717) is 0 Å². The highest BCUT2D eigenvalue weighted by molar-refractivity contribution is 7.24. The predicted octanol–water partition coefficient (Wildman–Crippen LogP) is 2.09. The molecule has 0 nitrogen and oxygen atoms in total. The average Bonchev–Trinajstić information content (AvgIpc) is 2.08. The second-order valence-electron chi connectivity index (χ2n) is 3.17. The smallest absolute Gasteiger partial charge is 0.0904 e. The molecule has 1 aromatic heterocycles. The van der Waals surface area contributed by atoms with Crippen molar-refractivity contribution in [2.24, 2.45) is 0 Å². The Morgan fingerprint density at radius 2 is 2.11 bits per heavy atom. The van der Waals surface area contributed by atoms with Crippen LogP contribution >= 0.6 is 11.3 Å². The maximum absolute atomic E-state index is 3.11. The molecular formula is C7H11SSi. The van der Waals surface area contributed by atoms with Crippen LogP contribution in [-0.2, 0) is 0 Å². The molecular weight excluding hydrogens is 144 g/mol. The van der Waals surface area contributed by atoms with E-state index in [-0.39, 0.29) is 0 Å². The van der Waals surface area contributed by atoms with Gasteiger partial charge in [-0.15, -0.1) is 11.3 Å². The van der Waals surface area contributed by atoms with Gasteiger partial charge in [0, 0.05) is 5.38 Å². The number of hydrogen-bond donors (Lipinski definition) is 0. The molecule has 0 atom stereocenters. The summed E-state index contributed by atoms with van der Waals surface area (Å²) in [6.45, 7) is 7.06. The van der Waals surface area contributed by atoms with Crippen molar-refractivity contribution in [2.75, 3.05) is 0 Å². The van der Waals surface area contributed by atoms with E-state index in [2.05, 4.69) is 31.1 Å². The van der Waals surface area contributed by atoms with Gasteiger partial charge in [-0.3, -0.25) is 0 Å². The largest absolute Gasteiger partial charge is 0.144 e. The third kappa shape index (κ3) is 1.66. The lowest BCUT2D eigenvalue weighted by molar-refractivity contribution is 1.79. The van der Waals surface area contributed by atoms with Gasteiger partial charge in [0.05, 0.1) is 8.07 Å². The zero-order valence-corrected chi connectivity index (χ0v) is 7.88. The Morgan fingerprint density at radius 1 is 1.44 bits per heavy atom. The molecule has 1 aromatic rings. The summed E-state index contributed by atoms with van der Waals surface area (Å²) in [6, 6.07) is 4.20. The van der Waals surface area contributed by atoms with Crippen molar-refractivity contribution in [3.8, 4) is 0 Å². The zero-order chi connectivity index (χ0) is 6.91. The summed E-state index contributed by atoms with van der Waals surface area (Å²) in [7, 11) is -0.994. The van der Waals surface area contributed by atoms with Crippen molar-refractivity contribution >= 4 is 23.9 Å². The van der Waals surface area contributed by atoms with Crippen molar-refractivity contribution in [1.82, 2.24) is 0 Å². The molecule has 9 heavy (non-hydrogen) atoms. The van der Waals surface area contributed by atoms with Crippen LogP contribution in [0.4, 0.5) is 0 Å². The molecule has 0 saturated carbocycles. The molecule has 1 radical (unpaired) electrons. The summed E-state index contributed by atoms with van der Waals surface area (Å²) >= 11 is 1.77. The zero-order valence-electron chi connectivity index (χ0n) is 6.06. The quantitative estimate of drug-likeness (QED) is 0.545. The van der Waals surface area contributed by atoms with Crippen molar-refractivity contribution in [3.63, 3.8) is 0 Å². The Labute approximate surface area is 61.5 Å². The van der Waals surface area contributed by atoms with E-state index >= 15 is 0 Å². The van der Waals surface area contributed by atoms with Gasteiger partial charge >= 0.3 is 0 Å². The highest BCUT2D eigenvalue weighted by Gasteiger charge is 2.16. The van der Waals surface area contributed by atoms with E-state index in [1.54, 1.807) is 15.8 Å². The van der Waals surface area contributed by atoms with Crippen LogP contribution in [0, 0.1) is 5.38 Å². The predicted molar refractivity (Wildman–Crippen MR) is 46.1 cm³/mol. The van der Waals surface area contributed by atoms with Crippen LogP contribution in [0.25, 0.3) is 0 Å². The van der Waals surface area contributed by atoms with Crippen molar-refractivity contribution in [2.45, 2.75) is 19.6 Å². The van der Waals surface area contributed by atoms with Gasteiger partial charge < -0.3 is 0 Å². The van der Waals surface area contributed by atoms with E-state index in [4.69, 9.17) is 0 Å². The van der Waals surface area contributed by atoms with E-state index < -0.39 is 8.07 Å². The van der Waals surface area contributed by atoms with Gasteiger partial charge in [0.2, 0.25) is 0 Å². The van der Waals surface area contributed by atoms with Crippen LogP contribution in [0.3, 0.4) is 0 Å². The summed E-state index contributed by atoms with van der Waals surface area (Å²) in [5, 5.41) is 3.11. The summed E-state index contributed by atoms with van der Waals surface area (Å²) in [5.74, 6) is 0. The third-order valence-electron chi connectivity index (χ3n) is 1.21. The van der Waals surface area contributed by atoms with Gasteiger partial charge in [0.25, 0.3) is 0 Å². The minimum atomic E-state index is -0.994. The van der Waals surface area contributed by atoms with Crippen molar-refractivity contribution in [1.29, 1.82) is 0 Å². The van der Waals surface area contributed by atoms with Gasteiger partial charge in [-0.2, -0.15) is 0 Å². The van der Waals surface area contributed by atoms with E-state index in [9.17, 15) is 0 Å². The number of thiophene rings is 1. The molecule has 0 aromatic carbocycles. The number of rotatable bonds is 1. The summed E-state index contributed by atoms with van der Waals surface area (Å²) < 4.78 is 1.54. The van der Waals surface area contributed by atoms with E-state index in [0.717, 1.165) is 0 Å². The van der Waals surface area contributed by atoms with Crippen LogP contribution in [0.5, 0.6) is 0 Å². The molecule has 0 aliphatic heterocycles. The molecule has 0 amide bonds. The molecule has 0 fully saturated rings. The first-order valence-electron chi connectivity index (χ1n) is 3.07. The lowest BCUT2D eigenvalue weighted by Gasteiger charge is -2.11. The molecule has 1 rings (SSSR count). The van der Waals surface area contributed by atoms with E-state index in [1.807, 2.05) is 6.07 Å². The van der Waals surface area contributed by atoms with Gasteiger partial charge in [-0.25, -0.2) is 0 Å². The fourth-order valence-corrected chi connectivity index (χ4v) is 3.03. The second-order valence-corrected chi connectivity index (χ2v) is 9.45. The van der Waals surface area contributed by atoms with E-state index in [1.165, 1.54) is 0 Å². The van der Waals surface area contributed by atoms with Crippen molar-refractivity contribution < 1.29 is 0 Å². The molecule has 0 N–H and O–H groups in total.